The molecule has 1 saturated heterocycles. The zero-order valence-corrected chi connectivity index (χ0v) is 10.7. The third-order valence-electron chi connectivity index (χ3n) is 2.31. The minimum Gasteiger partial charge on any atom is -0.466 e. The average Bonchev–Trinajstić information content (AvgIpc) is 2.37. The minimum absolute atomic E-state index is 0.356. The van der Waals surface area contributed by atoms with Crippen LogP contribution < -0.4 is 0 Å². The van der Waals surface area contributed by atoms with Crippen LogP contribution in [0.4, 0.5) is 0 Å². The number of carbonyl (C=O) groups is 2. The molecule has 0 spiro atoms. The highest BCUT2D eigenvalue weighted by molar-refractivity contribution is 7.99. The number of nitrogens with zero attached hydrogens (tertiary/aromatic N) is 1. The number of esters is 2. The molecule has 1 rings (SSSR count). The average molecular weight is 259 g/mol. The number of methoxy groups -OCH3 is 1. The maximum Gasteiger partial charge on any atom is 0.331 e. The molecule has 96 valence electrons. The van der Waals surface area contributed by atoms with Gasteiger partial charge < -0.3 is 9.47 Å². The fourth-order valence-electron chi connectivity index (χ4n) is 1.35. The molecule has 5 nitrogen and oxygen atoms in total. The molecule has 0 aromatic heterocycles. The lowest BCUT2D eigenvalue weighted by molar-refractivity contribution is -0.139. The fraction of sp³-hybridized carbons (Fsp3) is 0.636. The molecular formula is C11H17NO4S. The molecule has 0 aromatic carbocycles. The van der Waals surface area contributed by atoms with E-state index in [2.05, 4.69) is 9.64 Å². The van der Waals surface area contributed by atoms with E-state index in [1.807, 2.05) is 11.8 Å². The van der Waals surface area contributed by atoms with Crippen molar-refractivity contribution in [1.29, 1.82) is 0 Å². The Hall–Kier alpha value is -1.01. The van der Waals surface area contributed by atoms with E-state index in [-0.39, 0.29) is 0 Å². The Morgan fingerprint density at radius 1 is 1.24 bits per heavy atom. The molecule has 1 heterocycles. The highest BCUT2D eigenvalue weighted by Gasteiger charge is 2.10. The summed E-state index contributed by atoms with van der Waals surface area (Å²) >= 11 is 1.94. The van der Waals surface area contributed by atoms with Gasteiger partial charge in [0.15, 0.2) is 0 Å². The van der Waals surface area contributed by atoms with Crippen molar-refractivity contribution in [2.75, 3.05) is 44.9 Å². The van der Waals surface area contributed by atoms with Crippen molar-refractivity contribution in [3.8, 4) is 0 Å². The summed E-state index contributed by atoms with van der Waals surface area (Å²) in [4.78, 5) is 24.1. The number of ether oxygens (including phenoxy) is 2. The van der Waals surface area contributed by atoms with Crippen LogP contribution in [0.15, 0.2) is 12.2 Å². The Morgan fingerprint density at radius 3 is 2.53 bits per heavy atom. The predicted octanol–water partition coefficient (Wildman–Crippen LogP) is 0.308. The fourth-order valence-corrected chi connectivity index (χ4v) is 2.33. The number of rotatable bonds is 5. The van der Waals surface area contributed by atoms with Gasteiger partial charge in [-0.1, -0.05) is 0 Å². The summed E-state index contributed by atoms with van der Waals surface area (Å²) in [7, 11) is 1.26. The molecule has 0 aromatic rings. The summed E-state index contributed by atoms with van der Waals surface area (Å²) in [6, 6.07) is 0. The number of hydrogen-bond donors (Lipinski definition) is 0. The lowest BCUT2D eigenvalue weighted by Gasteiger charge is -2.25. The molecule has 0 atom stereocenters. The van der Waals surface area contributed by atoms with E-state index in [0.717, 1.165) is 43.3 Å². The van der Waals surface area contributed by atoms with Crippen LogP contribution in [0.1, 0.15) is 0 Å². The molecule has 0 saturated carbocycles. The normalized spacial score (nSPS) is 17.0. The second-order valence-corrected chi connectivity index (χ2v) is 4.70. The Morgan fingerprint density at radius 2 is 1.88 bits per heavy atom. The van der Waals surface area contributed by atoms with Gasteiger partial charge >= 0.3 is 11.9 Å². The van der Waals surface area contributed by atoms with Crippen molar-refractivity contribution in [2.24, 2.45) is 0 Å². The standard InChI is InChI=1S/C11H17NO4S/c1-15-10(13)2-3-11(14)16-7-4-12-5-8-17-9-6-12/h2-3H,4-9H2,1H3/b3-2+. The summed E-state index contributed by atoms with van der Waals surface area (Å²) in [6.07, 6.45) is 2.14. The van der Waals surface area contributed by atoms with E-state index in [1.165, 1.54) is 7.11 Å². The summed E-state index contributed by atoms with van der Waals surface area (Å²) < 4.78 is 9.31. The van der Waals surface area contributed by atoms with E-state index in [0.29, 0.717) is 6.61 Å². The highest BCUT2D eigenvalue weighted by Crippen LogP contribution is 2.08. The summed E-state index contributed by atoms with van der Waals surface area (Å²) in [6.45, 7) is 3.19. The van der Waals surface area contributed by atoms with Gasteiger partial charge in [0.1, 0.15) is 6.61 Å². The van der Waals surface area contributed by atoms with Gasteiger partial charge in [-0.2, -0.15) is 11.8 Å². The van der Waals surface area contributed by atoms with E-state index in [4.69, 9.17) is 4.74 Å². The SMILES string of the molecule is COC(=O)/C=C/C(=O)OCCN1CCSCC1. The van der Waals surface area contributed by atoms with Gasteiger partial charge in [-0.3, -0.25) is 4.90 Å². The lowest BCUT2D eigenvalue weighted by atomic mass is 10.4. The molecule has 1 aliphatic heterocycles. The quantitative estimate of drug-likeness (QED) is 0.523. The van der Waals surface area contributed by atoms with Crippen LogP contribution >= 0.6 is 11.8 Å². The van der Waals surface area contributed by atoms with Gasteiger partial charge in [0.2, 0.25) is 0 Å². The van der Waals surface area contributed by atoms with Crippen molar-refractivity contribution in [3.05, 3.63) is 12.2 Å². The summed E-state index contributed by atoms with van der Waals surface area (Å²) in [5, 5.41) is 0. The van der Waals surface area contributed by atoms with Crippen molar-refractivity contribution < 1.29 is 19.1 Å². The lowest BCUT2D eigenvalue weighted by Crippen LogP contribution is -2.35. The molecule has 1 aliphatic rings. The predicted molar refractivity (Wildman–Crippen MR) is 65.9 cm³/mol. The van der Waals surface area contributed by atoms with E-state index >= 15 is 0 Å². The topological polar surface area (TPSA) is 55.8 Å². The first-order valence-electron chi connectivity index (χ1n) is 5.45. The largest absolute Gasteiger partial charge is 0.466 e. The molecule has 1 fully saturated rings. The molecule has 0 N–H and O–H groups in total. The molecular weight excluding hydrogens is 242 g/mol. The van der Waals surface area contributed by atoms with Crippen LogP contribution in [-0.4, -0.2) is 61.7 Å². The number of carbonyl (C=O) groups excluding carboxylic acids is 2. The summed E-state index contributed by atoms with van der Waals surface area (Å²) in [5.74, 6) is 1.20. The van der Waals surface area contributed by atoms with Crippen LogP contribution in [-0.2, 0) is 19.1 Å². The zero-order chi connectivity index (χ0) is 12.5. The van der Waals surface area contributed by atoms with Crippen molar-refractivity contribution in [3.63, 3.8) is 0 Å². The van der Waals surface area contributed by atoms with Crippen LogP contribution in [0.25, 0.3) is 0 Å². The second-order valence-electron chi connectivity index (χ2n) is 3.48. The van der Waals surface area contributed by atoms with Crippen molar-refractivity contribution in [2.45, 2.75) is 0 Å². The summed E-state index contributed by atoms with van der Waals surface area (Å²) in [5.41, 5.74) is 0. The number of hydrogen-bond acceptors (Lipinski definition) is 6. The maximum absolute atomic E-state index is 11.2. The van der Waals surface area contributed by atoms with Crippen molar-refractivity contribution >= 4 is 23.7 Å². The first kappa shape index (κ1) is 14.1. The monoisotopic (exact) mass is 259 g/mol. The van der Waals surface area contributed by atoms with E-state index in [9.17, 15) is 9.59 Å². The molecule has 0 unspecified atom stereocenters. The molecule has 6 heteroatoms. The Labute approximate surface area is 105 Å². The minimum atomic E-state index is -0.560. The van der Waals surface area contributed by atoms with Crippen LogP contribution in [0.5, 0.6) is 0 Å². The Balaban J connectivity index is 2.11. The third kappa shape index (κ3) is 6.33. The van der Waals surface area contributed by atoms with Gasteiger partial charge in [0, 0.05) is 43.3 Å². The first-order valence-corrected chi connectivity index (χ1v) is 6.60. The molecule has 0 radical (unpaired) electrons. The molecule has 17 heavy (non-hydrogen) atoms. The molecule has 0 bridgehead atoms. The smallest absolute Gasteiger partial charge is 0.331 e. The van der Waals surface area contributed by atoms with Crippen LogP contribution in [0.3, 0.4) is 0 Å². The highest BCUT2D eigenvalue weighted by atomic mass is 32.2. The zero-order valence-electron chi connectivity index (χ0n) is 9.89. The van der Waals surface area contributed by atoms with Gasteiger partial charge in [0.25, 0.3) is 0 Å². The maximum atomic E-state index is 11.2. The Kier molecular flexibility index (Phi) is 6.73. The first-order chi connectivity index (χ1) is 8.22. The van der Waals surface area contributed by atoms with Gasteiger partial charge in [0.05, 0.1) is 7.11 Å². The van der Waals surface area contributed by atoms with Gasteiger partial charge in [-0.15, -0.1) is 0 Å². The van der Waals surface area contributed by atoms with E-state index < -0.39 is 11.9 Å². The van der Waals surface area contributed by atoms with Crippen LogP contribution in [0.2, 0.25) is 0 Å². The number of thioether (sulfide) groups is 1. The third-order valence-corrected chi connectivity index (χ3v) is 3.25. The molecule has 0 aliphatic carbocycles. The van der Waals surface area contributed by atoms with Crippen LogP contribution in [0, 0.1) is 0 Å². The van der Waals surface area contributed by atoms with E-state index in [1.54, 1.807) is 0 Å². The molecule has 0 amide bonds. The Bertz CT molecular complexity index is 287. The van der Waals surface area contributed by atoms with Crippen molar-refractivity contribution in [1.82, 2.24) is 4.90 Å². The second kappa shape index (κ2) is 8.14. The van der Waals surface area contributed by atoms with Gasteiger partial charge in [-0.25, -0.2) is 9.59 Å². The van der Waals surface area contributed by atoms with Gasteiger partial charge in [-0.05, 0) is 0 Å².